The number of hydrogen-bond acceptors (Lipinski definition) is 3. The first-order valence-corrected chi connectivity index (χ1v) is 7.60. The van der Waals surface area contributed by atoms with Gasteiger partial charge in [-0.2, -0.15) is 0 Å². The van der Waals surface area contributed by atoms with Gasteiger partial charge in [-0.15, -0.1) is 0 Å². The quantitative estimate of drug-likeness (QED) is 0.875. The Balaban J connectivity index is 1.72. The second-order valence-electron chi connectivity index (χ2n) is 5.62. The van der Waals surface area contributed by atoms with E-state index in [1.165, 1.54) is 31.2 Å². The molecule has 0 aromatic carbocycles. The molecule has 0 atom stereocenters. The van der Waals surface area contributed by atoms with E-state index >= 15 is 0 Å². The molecule has 1 aromatic heterocycles. The second kappa shape index (κ2) is 5.17. The summed E-state index contributed by atoms with van der Waals surface area (Å²) in [5.74, 6) is 2.03. The van der Waals surface area contributed by atoms with Crippen molar-refractivity contribution in [2.45, 2.75) is 38.3 Å². The average Bonchev–Trinajstić information content (AvgIpc) is 3.21. The van der Waals surface area contributed by atoms with Crippen molar-refractivity contribution in [2.75, 3.05) is 18.5 Å². The van der Waals surface area contributed by atoms with Crippen molar-refractivity contribution < 1.29 is 0 Å². The Kier molecular flexibility index (Phi) is 3.57. The monoisotopic (exact) mass is 309 g/mol. The van der Waals surface area contributed by atoms with Crippen molar-refractivity contribution in [3.8, 4) is 0 Å². The minimum absolute atomic E-state index is 0.741. The van der Waals surface area contributed by atoms with E-state index in [-0.39, 0.29) is 0 Å². The Morgan fingerprint density at radius 3 is 2.83 bits per heavy atom. The van der Waals surface area contributed by atoms with Crippen LogP contribution in [0.3, 0.4) is 0 Å². The highest BCUT2D eigenvalue weighted by Crippen LogP contribution is 2.31. The van der Waals surface area contributed by atoms with Gasteiger partial charge in [-0.05, 0) is 53.6 Å². The molecule has 0 spiro atoms. The molecule has 1 aromatic rings. The summed E-state index contributed by atoms with van der Waals surface area (Å²) < 4.78 is 1.07. The molecule has 2 aliphatic rings. The predicted octanol–water partition coefficient (Wildman–Crippen LogP) is 2.94. The summed E-state index contributed by atoms with van der Waals surface area (Å²) in [6.45, 7) is 2.08. The van der Waals surface area contributed by atoms with Crippen molar-refractivity contribution in [1.29, 1.82) is 0 Å². The molecule has 0 saturated heterocycles. The van der Waals surface area contributed by atoms with Gasteiger partial charge in [-0.1, -0.05) is 0 Å². The van der Waals surface area contributed by atoms with Crippen LogP contribution in [-0.4, -0.2) is 24.6 Å². The van der Waals surface area contributed by atoms with E-state index in [2.05, 4.69) is 44.2 Å². The maximum absolute atomic E-state index is 4.60. The highest BCUT2D eigenvalue weighted by molar-refractivity contribution is 9.10. The molecule has 98 valence electrons. The first-order valence-electron chi connectivity index (χ1n) is 6.81. The molecule has 0 amide bonds. The fraction of sp³-hybridized carbons (Fsp3) is 0.643. The van der Waals surface area contributed by atoms with E-state index in [0.717, 1.165) is 35.3 Å². The molecule has 1 heterocycles. The smallest absolute Gasteiger partial charge is 0.132 e. The van der Waals surface area contributed by atoms with E-state index in [1.807, 2.05) is 6.20 Å². The molecule has 0 unspecified atom stereocenters. The van der Waals surface area contributed by atoms with Crippen LogP contribution in [0.1, 0.15) is 31.2 Å². The summed E-state index contributed by atoms with van der Waals surface area (Å²) in [6.07, 6.45) is 7.33. The third kappa shape index (κ3) is 3.23. The van der Waals surface area contributed by atoms with Crippen LogP contribution in [0.5, 0.6) is 0 Å². The summed E-state index contributed by atoms with van der Waals surface area (Å²) in [4.78, 5) is 6.91. The number of pyridine rings is 1. The van der Waals surface area contributed by atoms with Gasteiger partial charge in [0.25, 0.3) is 0 Å². The molecule has 2 saturated carbocycles. The molecule has 3 rings (SSSR count). The third-order valence-corrected chi connectivity index (χ3v) is 4.09. The number of anilines is 1. The zero-order valence-electron chi connectivity index (χ0n) is 10.8. The minimum Gasteiger partial charge on any atom is -0.359 e. The van der Waals surface area contributed by atoms with Gasteiger partial charge in [0.05, 0.1) is 0 Å². The molecule has 4 heteroatoms. The van der Waals surface area contributed by atoms with Gasteiger partial charge in [0.1, 0.15) is 5.82 Å². The van der Waals surface area contributed by atoms with Gasteiger partial charge in [-0.25, -0.2) is 4.98 Å². The van der Waals surface area contributed by atoms with Crippen molar-refractivity contribution in [2.24, 2.45) is 5.92 Å². The lowest BCUT2D eigenvalue weighted by Gasteiger charge is -2.21. The number of nitrogens with zero attached hydrogens (tertiary/aromatic N) is 2. The van der Waals surface area contributed by atoms with E-state index < -0.39 is 0 Å². The summed E-state index contributed by atoms with van der Waals surface area (Å²) in [5, 5.41) is 3.58. The second-order valence-corrected chi connectivity index (χ2v) is 6.53. The van der Waals surface area contributed by atoms with Crippen LogP contribution in [0.15, 0.2) is 16.7 Å². The molecule has 3 nitrogen and oxygen atoms in total. The molecular formula is C14H20BrN3. The van der Waals surface area contributed by atoms with Gasteiger partial charge in [0, 0.05) is 42.4 Å². The molecule has 0 aliphatic heterocycles. The number of nitrogens with one attached hydrogen (secondary N) is 1. The first-order chi connectivity index (χ1) is 8.72. The fourth-order valence-electron chi connectivity index (χ4n) is 2.26. The highest BCUT2D eigenvalue weighted by Gasteiger charge is 2.25. The summed E-state index contributed by atoms with van der Waals surface area (Å²) in [7, 11) is 2.16. The minimum atomic E-state index is 0.741. The van der Waals surface area contributed by atoms with Gasteiger partial charge in [-0.3, -0.25) is 0 Å². The van der Waals surface area contributed by atoms with Crippen LogP contribution < -0.4 is 10.2 Å². The van der Waals surface area contributed by atoms with Crippen LogP contribution in [0.2, 0.25) is 0 Å². The standard InChI is InChI=1S/C14H20BrN3/c1-18(9-10-2-3-10)14-11(6-12(15)8-17-14)7-16-13-4-5-13/h6,8,10,13,16H,2-5,7,9H2,1H3. The SMILES string of the molecule is CN(CC1CC1)c1ncc(Br)cc1CNC1CC1. The van der Waals surface area contributed by atoms with Crippen molar-refractivity contribution >= 4 is 21.7 Å². The Labute approximate surface area is 117 Å². The van der Waals surface area contributed by atoms with Crippen LogP contribution >= 0.6 is 15.9 Å². The maximum Gasteiger partial charge on any atom is 0.132 e. The first kappa shape index (κ1) is 12.4. The Bertz CT molecular complexity index is 427. The van der Waals surface area contributed by atoms with Crippen molar-refractivity contribution in [3.63, 3.8) is 0 Å². The number of halogens is 1. The topological polar surface area (TPSA) is 28.2 Å². The molecule has 18 heavy (non-hydrogen) atoms. The lowest BCUT2D eigenvalue weighted by Crippen LogP contribution is -2.24. The van der Waals surface area contributed by atoms with Gasteiger partial charge in [0.15, 0.2) is 0 Å². The Morgan fingerprint density at radius 2 is 2.17 bits per heavy atom. The van der Waals surface area contributed by atoms with E-state index in [1.54, 1.807) is 0 Å². The number of rotatable bonds is 6. The van der Waals surface area contributed by atoms with Crippen molar-refractivity contribution in [3.05, 3.63) is 22.3 Å². The third-order valence-electron chi connectivity index (χ3n) is 3.66. The zero-order valence-corrected chi connectivity index (χ0v) is 12.4. The lowest BCUT2D eigenvalue weighted by atomic mass is 10.2. The largest absolute Gasteiger partial charge is 0.359 e. The lowest BCUT2D eigenvalue weighted by molar-refractivity contribution is 0.679. The highest BCUT2D eigenvalue weighted by atomic mass is 79.9. The maximum atomic E-state index is 4.60. The van der Waals surface area contributed by atoms with Crippen LogP contribution in [0.4, 0.5) is 5.82 Å². The fourth-order valence-corrected chi connectivity index (χ4v) is 2.64. The van der Waals surface area contributed by atoms with E-state index in [4.69, 9.17) is 0 Å². The summed E-state index contributed by atoms with van der Waals surface area (Å²) in [5.41, 5.74) is 1.31. The van der Waals surface area contributed by atoms with Gasteiger partial charge in [0.2, 0.25) is 0 Å². The molecule has 0 radical (unpaired) electrons. The molecule has 1 N–H and O–H groups in total. The van der Waals surface area contributed by atoms with E-state index in [9.17, 15) is 0 Å². The van der Waals surface area contributed by atoms with Crippen molar-refractivity contribution in [1.82, 2.24) is 10.3 Å². The summed E-state index contributed by atoms with van der Waals surface area (Å²) in [6, 6.07) is 2.94. The van der Waals surface area contributed by atoms with Gasteiger partial charge >= 0.3 is 0 Å². The molecule has 2 fully saturated rings. The predicted molar refractivity (Wildman–Crippen MR) is 77.8 cm³/mol. The normalized spacial score (nSPS) is 19.0. The number of aromatic nitrogens is 1. The molecular weight excluding hydrogens is 290 g/mol. The van der Waals surface area contributed by atoms with E-state index in [0.29, 0.717) is 0 Å². The zero-order chi connectivity index (χ0) is 12.5. The van der Waals surface area contributed by atoms with Crippen LogP contribution in [0, 0.1) is 5.92 Å². The molecule has 0 bridgehead atoms. The van der Waals surface area contributed by atoms with Gasteiger partial charge < -0.3 is 10.2 Å². The number of hydrogen-bond donors (Lipinski definition) is 1. The van der Waals surface area contributed by atoms with Crippen LogP contribution in [-0.2, 0) is 6.54 Å². The van der Waals surface area contributed by atoms with Crippen LogP contribution in [0.25, 0.3) is 0 Å². The molecule has 2 aliphatic carbocycles. The summed E-state index contributed by atoms with van der Waals surface area (Å²) >= 11 is 3.52. The Hall–Kier alpha value is -0.610. The average molecular weight is 310 g/mol. The Morgan fingerprint density at radius 1 is 1.39 bits per heavy atom.